The lowest BCUT2D eigenvalue weighted by molar-refractivity contribution is 0.365. The van der Waals surface area contributed by atoms with Crippen LogP contribution in [0.15, 0.2) is 66.3 Å². The predicted molar refractivity (Wildman–Crippen MR) is 96.5 cm³/mol. The number of rotatable bonds is 8. The van der Waals surface area contributed by atoms with Gasteiger partial charge in [-0.3, -0.25) is 4.48 Å². The molecule has 0 unspecified atom stereocenters. The smallest absolute Gasteiger partial charge is 0.133 e. The number of halogens is 1. The van der Waals surface area contributed by atoms with Gasteiger partial charge >= 0.3 is 0 Å². The Hall–Kier alpha value is -1.13. The van der Waals surface area contributed by atoms with E-state index in [9.17, 15) is 0 Å². The fourth-order valence-electron chi connectivity index (χ4n) is 2.26. The summed E-state index contributed by atoms with van der Waals surface area (Å²) in [6.07, 6.45) is 7.98. The summed E-state index contributed by atoms with van der Waals surface area (Å²) in [6, 6.07) is 8.66. The summed E-state index contributed by atoms with van der Waals surface area (Å²) in [7, 11) is 0. The average molecular weight is 366 g/mol. The zero-order chi connectivity index (χ0) is 14.1. The second-order valence-electron chi connectivity index (χ2n) is 4.44. The maximum atomic E-state index is 3.89. The first kappa shape index (κ1) is 15.9. The highest BCUT2D eigenvalue weighted by Gasteiger charge is 2.26. The summed E-state index contributed by atoms with van der Waals surface area (Å²) in [6.45, 7) is 14.3. The molecule has 1 aromatic carbocycles. The zero-order valence-corrected chi connectivity index (χ0v) is 13.4. The maximum Gasteiger partial charge on any atom is 0.133 e. The number of hydrogen-bond donors (Lipinski definition) is 0. The second kappa shape index (κ2) is 8.12. The van der Waals surface area contributed by atoms with Crippen LogP contribution in [0.25, 0.3) is 6.08 Å². The summed E-state index contributed by atoms with van der Waals surface area (Å²) in [5.41, 5.74) is 2.48. The quantitative estimate of drug-likeness (QED) is 0.347. The van der Waals surface area contributed by atoms with Gasteiger partial charge in [-0.15, -0.1) is 0 Å². The predicted octanol–water partition coefficient (Wildman–Crippen LogP) is 4.96. The Kier molecular flexibility index (Phi) is 6.81. The monoisotopic (exact) mass is 366 g/mol. The van der Waals surface area contributed by atoms with E-state index in [0.717, 1.165) is 24.1 Å². The Balaban J connectivity index is 3.17. The molecule has 1 rings (SSSR count). The molecule has 1 aromatic rings. The van der Waals surface area contributed by atoms with Gasteiger partial charge in [-0.1, -0.05) is 42.3 Å². The Bertz CT molecular complexity index is 430. The Morgan fingerprint density at radius 3 is 1.74 bits per heavy atom. The third kappa shape index (κ3) is 4.18. The second-order valence-corrected chi connectivity index (χ2v) is 5.16. The van der Waals surface area contributed by atoms with Crippen molar-refractivity contribution in [1.82, 2.24) is 4.48 Å². The molecule has 0 atom stereocenters. The van der Waals surface area contributed by atoms with Crippen molar-refractivity contribution >= 4 is 34.4 Å². The summed E-state index contributed by atoms with van der Waals surface area (Å²) in [4.78, 5) is 0. The van der Waals surface area contributed by atoms with Crippen LogP contribution >= 0.6 is 22.6 Å². The average Bonchev–Trinajstić information content (AvgIpc) is 2.41. The lowest BCUT2D eigenvalue weighted by atomic mass is 10.1. The van der Waals surface area contributed by atoms with Crippen LogP contribution in [0.1, 0.15) is 5.56 Å². The van der Waals surface area contributed by atoms with E-state index in [0.29, 0.717) is 0 Å². The van der Waals surface area contributed by atoms with E-state index in [1.807, 2.05) is 22.3 Å². The molecule has 0 bridgehead atoms. The molecule has 0 fully saturated rings. The van der Waals surface area contributed by atoms with Gasteiger partial charge in [-0.25, -0.2) is 0 Å². The van der Waals surface area contributed by atoms with Crippen LogP contribution in [-0.4, -0.2) is 19.6 Å². The molecule has 0 heterocycles. The number of hydrogen-bond acceptors (Lipinski definition) is 0. The summed E-state index contributed by atoms with van der Waals surface area (Å²) < 4.78 is 2.82. The van der Waals surface area contributed by atoms with Gasteiger partial charge in [0.05, 0.1) is 0 Å². The van der Waals surface area contributed by atoms with Crippen LogP contribution in [0, 0.1) is 0 Å². The molecule has 2 heteroatoms. The maximum absolute atomic E-state index is 3.89. The van der Waals surface area contributed by atoms with Crippen molar-refractivity contribution < 1.29 is 0 Å². The molecular weight excluding hydrogens is 345 g/mol. The Morgan fingerprint density at radius 2 is 1.37 bits per heavy atom. The van der Waals surface area contributed by atoms with Crippen LogP contribution in [0.2, 0.25) is 0 Å². The van der Waals surface area contributed by atoms with Gasteiger partial charge in [0.1, 0.15) is 25.3 Å². The minimum atomic E-state index is 0.796. The van der Waals surface area contributed by atoms with Crippen molar-refractivity contribution in [1.29, 1.82) is 0 Å². The highest BCUT2D eigenvalue weighted by Crippen LogP contribution is 2.24. The molecular formula is C17H21IN+. The van der Waals surface area contributed by atoms with Gasteiger partial charge in [-0.05, 0) is 58.2 Å². The first-order chi connectivity index (χ1) is 9.22. The summed E-state index contributed by atoms with van der Waals surface area (Å²) in [5.74, 6) is 0. The molecule has 0 N–H and O–H groups in total. The molecule has 1 nitrogen and oxygen atoms in total. The van der Waals surface area contributed by atoms with Crippen LogP contribution < -0.4 is 4.48 Å². The molecule has 0 saturated heterocycles. The molecule has 0 aliphatic rings. The highest BCUT2D eigenvalue weighted by molar-refractivity contribution is 14.1. The van der Waals surface area contributed by atoms with Crippen molar-refractivity contribution in [2.45, 2.75) is 0 Å². The number of quaternary nitrogens is 1. The van der Waals surface area contributed by atoms with Crippen LogP contribution in [0.5, 0.6) is 0 Å². The molecule has 0 radical (unpaired) electrons. The standard InChI is InChI=1S/C17H21IN/c1-4-13-19(14-5-2,15-6-3)17-9-7-16(8-10-17)11-12-18/h4-12H,1-3,13-15H2/q+1. The molecule has 0 spiro atoms. The lowest BCUT2D eigenvalue weighted by Gasteiger charge is -2.35. The van der Waals surface area contributed by atoms with Crippen LogP contribution in [-0.2, 0) is 0 Å². The number of benzene rings is 1. The topological polar surface area (TPSA) is 0 Å². The van der Waals surface area contributed by atoms with E-state index in [4.69, 9.17) is 0 Å². The first-order valence-electron chi connectivity index (χ1n) is 6.28. The van der Waals surface area contributed by atoms with E-state index in [-0.39, 0.29) is 0 Å². The molecule has 0 amide bonds. The fraction of sp³-hybridized carbons (Fsp3) is 0.176. The van der Waals surface area contributed by atoms with Crippen molar-refractivity contribution in [3.05, 3.63) is 71.9 Å². The minimum Gasteiger partial charge on any atom is -0.281 e. The van der Waals surface area contributed by atoms with E-state index < -0.39 is 0 Å². The van der Waals surface area contributed by atoms with E-state index in [1.165, 1.54) is 11.3 Å². The van der Waals surface area contributed by atoms with Gasteiger partial charge in [0, 0.05) is 0 Å². The van der Waals surface area contributed by atoms with Gasteiger partial charge in [0.2, 0.25) is 0 Å². The molecule has 0 aromatic heterocycles. The van der Waals surface area contributed by atoms with Crippen molar-refractivity contribution in [2.24, 2.45) is 0 Å². The number of nitrogens with zero attached hydrogens (tertiary/aromatic N) is 1. The summed E-state index contributed by atoms with van der Waals surface area (Å²) in [5, 5.41) is 0. The van der Waals surface area contributed by atoms with E-state index >= 15 is 0 Å². The highest BCUT2D eigenvalue weighted by atomic mass is 127. The molecule has 0 aliphatic carbocycles. The van der Waals surface area contributed by atoms with Crippen LogP contribution in [0.3, 0.4) is 0 Å². The Morgan fingerprint density at radius 1 is 0.895 bits per heavy atom. The molecule has 0 saturated carbocycles. The zero-order valence-electron chi connectivity index (χ0n) is 11.3. The summed E-state index contributed by atoms with van der Waals surface area (Å²) >= 11 is 2.23. The third-order valence-electron chi connectivity index (χ3n) is 3.13. The lowest BCUT2D eigenvalue weighted by Crippen LogP contribution is -2.49. The Labute approximate surface area is 130 Å². The van der Waals surface area contributed by atoms with Gasteiger partial charge in [-0.2, -0.15) is 0 Å². The van der Waals surface area contributed by atoms with Crippen molar-refractivity contribution in [3.63, 3.8) is 0 Å². The fourth-order valence-corrected chi connectivity index (χ4v) is 2.67. The SMILES string of the molecule is C=CC[N+](CC=C)(CC=C)c1ccc(C=CI)cc1. The normalized spacial score (nSPS) is 11.4. The first-order valence-corrected chi connectivity index (χ1v) is 7.53. The van der Waals surface area contributed by atoms with Gasteiger partial charge in [0.15, 0.2) is 0 Å². The van der Waals surface area contributed by atoms with E-state index in [2.05, 4.69) is 72.7 Å². The van der Waals surface area contributed by atoms with Gasteiger partial charge in [0.25, 0.3) is 0 Å². The molecule has 100 valence electrons. The largest absolute Gasteiger partial charge is 0.281 e. The third-order valence-corrected chi connectivity index (χ3v) is 3.49. The van der Waals surface area contributed by atoms with Gasteiger partial charge < -0.3 is 0 Å². The van der Waals surface area contributed by atoms with Crippen LogP contribution in [0.4, 0.5) is 5.69 Å². The van der Waals surface area contributed by atoms with Crippen molar-refractivity contribution in [2.75, 3.05) is 19.6 Å². The minimum absolute atomic E-state index is 0.796. The van der Waals surface area contributed by atoms with Crippen molar-refractivity contribution in [3.8, 4) is 0 Å². The molecule has 19 heavy (non-hydrogen) atoms. The van der Waals surface area contributed by atoms with E-state index in [1.54, 1.807) is 0 Å². The molecule has 0 aliphatic heterocycles.